The highest BCUT2D eigenvalue weighted by Crippen LogP contribution is 2.32. The molecule has 4 nitrogen and oxygen atoms in total. The molecule has 4 heteroatoms. The highest BCUT2D eigenvalue weighted by Gasteiger charge is 2.39. The second-order valence-electron chi connectivity index (χ2n) is 6.29. The molecule has 2 aliphatic rings. The first-order valence-electron chi connectivity index (χ1n) is 7.62. The summed E-state index contributed by atoms with van der Waals surface area (Å²) < 4.78 is 0. The first-order chi connectivity index (χ1) is 10.3. The van der Waals surface area contributed by atoms with Crippen molar-refractivity contribution in [3.8, 4) is 11.3 Å². The van der Waals surface area contributed by atoms with Crippen LogP contribution in [0.5, 0.6) is 0 Å². The van der Waals surface area contributed by atoms with E-state index in [0.29, 0.717) is 0 Å². The molecule has 2 atom stereocenters. The predicted octanol–water partition coefficient (Wildman–Crippen LogP) is 2.14. The molecule has 2 aliphatic heterocycles. The van der Waals surface area contributed by atoms with Crippen molar-refractivity contribution in [1.29, 1.82) is 0 Å². The van der Waals surface area contributed by atoms with Gasteiger partial charge < -0.3 is 9.80 Å². The maximum absolute atomic E-state index is 4.45. The summed E-state index contributed by atoms with van der Waals surface area (Å²) in [5, 5.41) is 8.85. The minimum Gasteiger partial charge on any atom is -0.354 e. The molecule has 1 aromatic carbocycles. The standard InChI is InChI=1S/C17H20N4/c1-20-9-14-11-21(12-15(14)10-20)17-8-7-16(18-19-17)13-5-3-2-4-6-13/h2-8,14-15H,9-12H2,1H3/i1-1. The van der Waals surface area contributed by atoms with Crippen molar-refractivity contribution in [2.75, 3.05) is 38.1 Å². The van der Waals surface area contributed by atoms with E-state index in [1.807, 2.05) is 18.2 Å². The monoisotopic (exact) mass is 279 g/mol. The third-order valence-electron chi connectivity index (χ3n) is 4.71. The fraction of sp³-hybridized carbons (Fsp3) is 0.412. The summed E-state index contributed by atoms with van der Waals surface area (Å²) in [5.41, 5.74) is 2.06. The van der Waals surface area contributed by atoms with Gasteiger partial charge in [0.15, 0.2) is 5.82 Å². The van der Waals surface area contributed by atoms with Crippen molar-refractivity contribution in [2.24, 2.45) is 11.8 Å². The molecular weight excluding hydrogens is 259 g/mol. The first kappa shape index (κ1) is 12.8. The summed E-state index contributed by atoms with van der Waals surface area (Å²) in [7, 11) is 2.22. The van der Waals surface area contributed by atoms with Crippen LogP contribution in [0.25, 0.3) is 11.3 Å². The molecule has 0 saturated carbocycles. The van der Waals surface area contributed by atoms with Crippen LogP contribution in [0.15, 0.2) is 42.5 Å². The maximum atomic E-state index is 4.45. The van der Waals surface area contributed by atoms with Crippen LogP contribution in [0.2, 0.25) is 0 Å². The van der Waals surface area contributed by atoms with E-state index in [-0.39, 0.29) is 0 Å². The molecule has 0 bridgehead atoms. The van der Waals surface area contributed by atoms with Crippen LogP contribution >= 0.6 is 0 Å². The molecule has 2 fully saturated rings. The molecule has 2 unspecified atom stereocenters. The molecule has 2 saturated heterocycles. The Labute approximate surface area is 125 Å². The second kappa shape index (κ2) is 5.11. The molecule has 21 heavy (non-hydrogen) atoms. The van der Waals surface area contributed by atoms with Crippen molar-refractivity contribution in [1.82, 2.24) is 15.1 Å². The number of hydrogen-bond donors (Lipinski definition) is 0. The van der Waals surface area contributed by atoms with E-state index in [9.17, 15) is 0 Å². The van der Waals surface area contributed by atoms with E-state index in [2.05, 4.69) is 51.3 Å². The number of rotatable bonds is 2. The van der Waals surface area contributed by atoms with E-state index in [0.717, 1.165) is 42.0 Å². The molecule has 0 spiro atoms. The zero-order valence-electron chi connectivity index (χ0n) is 12.3. The number of benzene rings is 1. The van der Waals surface area contributed by atoms with E-state index >= 15 is 0 Å². The maximum Gasteiger partial charge on any atom is 0.151 e. The van der Waals surface area contributed by atoms with Gasteiger partial charge in [-0.2, -0.15) is 0 Å². The van der Waals surface area contributed by atoms with Crippen LogP contribution in [0.4, 0.5) is 5.82 Å². The largest absolute Gasteiger partial charge is 0.354 e. The van der Waals surface area contributed by atoms with Crippen LogP contribution in [0.1, 0.15) is 0 Å². The van der Waals surface area contributed by atoms with Gasteiger partial charge in [-0.05, 0) is 31.0 Å². The van der Waals surface area contributed by atoms with Gasteiger partial charge in [-0.1, -0.05) is 30.3 Å². The van der Waals surface area contributed by atoms with E-state index < -0.39 is 0 Å². The van der Waals surface area contributed by atoms with Crippen LogP contribution < -0.4 is 4.90 Å². The Morgan fingerprint density at radius 1 is 0.857 bits per heavy atom. The Morgan fingerprint density at radius 2 is 1.57 bits per heavy atom. The number of likely N-dealkylation sites (tertiary alicyclic amines) is 1. The number of nitrogens with zero attached hydrogens (tertiary/aromatic N) is 4. The van der Waals surface area contributed by atoms with Gasteiger partial charge in [0.05, 0.1) is 5.69 Å². The van der Waals surface area contributed by atoms with Crippen molar-refractivity contribution in [3.05, 3.63) is 42.5 Å². The lowest BCUT2D eigenvalue weighted by molar-refractivity contribution is 0.387. The normalized spacial score (nSPS) is 25.3. The van der Waals surface area contributed by atoms with Crippen molar-refractivity contribution >= 4 is 5.82 Å². The molecule has 0 N–H and O–H groups in total. The van der Waals surface area contributed by atoms with Crippen molar-refractivity contribution < 1.29 is 0 Å². The fourth-order valence-electron chi connectivity index (χ4n) is 3.67. The van der Waals surface area contributed by atoms with Gasteiger partial charge in [0.2, 0.25) is 0 Å². The molecule has 0 radical (unpaired) electrons. The number of hydrogen-bond acceptors (Lipinski definition) is 4. The lowest BCUT2D eigenvalue weighted by Crippen LogP contribution is -2.27. The smallest absolute Gasteiger partial charge is 0.151 e. The average Bonchev–Trinajstić information content (AvgIpc) is 3.06. The summed E-state index contributed by atoms with van der Waals surface area (Å²) in [4.78, 5) is 4.83. The van der Waals surface area contributed by atoms with Gasteiger partial charge in [-0.3, -0.25) is 0 Å². The van der Waals surface area contributed by atoms with Gasteiger partial charge in [0, 0.05) is 31.7 Å². The molecule has 0 aliphatic carbocycles. The number of aromatic nitrogens is 2. The van der Waals surface area contributed by atoms with Crippen LogP contribution in [0.3, 0.4) is 0 Å². The lowest BCUT2D eigenvalue weighted by atomic mass is 10.0. The Bertz CT molecular complexity index is 596. The highest BCUT2D eigenvalue weighted by atomic mass is 15.3. The second-order valence-corrected chi connectivity index (χ2v) is 6.29. The van der Waals surface area contributed by atoms with Crippen LogP contribution in [0, 0.1) is 11.8 Å². The molecule has 3 heterocycles. The third-order valence-corrected chi connectivity index (χ3v) is 4.71. The quantitative estimate of drug-likeness (QED) is 0.843. The van der Waals surface area contributed by atoms with Gasteiger partial charge >= 0.3 is 0 Å². The van der Waals surface area contributed by atoms with Crippen molar-refractivity contribution in [2.45, 2.75) is 0 Å². The summed E-state index contributed by atoms with van der Waals surface area (Å²) in [6.07, 6.45) is 0. The van der Waals surface area contributed by atoms with Gasteiger partial charge in [0.25, 0.3) is 0 Å². The van der Waals surface area contributed by atoms with E-state index in [1.165, 1.54) is 13.1 Å². The zero-order chi connectivity index (χ0) is 14.2. The Balaban J connectivity index is 1.50. The number of anilines is 1. The minimum absolute atomic E-state index is 0.797. The first-order valence-corrected chi connectivity index (χ1v) is 7.62. The number of fused-ring (bicyclic) bond motifs is 1. The van der Waals surface area contributed by atoms with Crippen LogP contribution in [-0.4, -0.2) is 48.3 Å². The van der Waals surface area contributed by atoms with E-state index in [1.54, 1.807) is 0 Å². The predicted molar refractivity (Wildman–Crippen MR) is 84.2 cm³/mol. The Kier molecular flexibility index (Phi) is 3.11. The summed E-state index contributed by atoms with van der Waals surface area (Å²) in [6, 6.07) is 14.4. The lowest BCUT2D eigenvalue weighted by Gasteiger charge is -2.19. The molecule has 1 aromatic heterocycles. The van der Waals surface area contributed by atoms with Gasteiger partial charge in [-0.25, -0.2) is 0 Å². The summed E-state index contributed by atoms with van der Waals surface area (Å²) in [5.74, 6) is 2.61. The molecule has 4 rings (SSSR count). The Morgan fingerprint density at radius 3 is 2.19 bits per heavy atom. The fourth-order valence-corrected chi connectivity index (χ4v) is 3.67. The zero-order valence-corrected chi connectivity index (χ0v) is 12.3. The molecule has 108 valence electrons. The average molecular weight is 279 g/mol. The molecular formula is C17H20N4. The van der Waals surface area contributed by atoms with Gasteiger partial charge in [-0.15, -0.1) is 10.2 Å². The molecule has 0 amide bonds. The van der Waals surface area contributed by atoms with Crippen LogP contribution in [-0.2, 0) is 0 Å². The summed E-state index contributed by atoms with van der Waals surface area (Å²) in [6.45, 7) is 4.68. The van der Waals surface area contributed by atoms with Gasteiger partial charge in [0.1, 0.15) is 0 Å². The minimum atomic E-state index is 0.797. The topological polar surface area (TPSA) is 32.3 Å². The highest BCUT2D eigenvalue weighted by molar-refractivity contribution is 5.59. The summed E-state index contributed by atoms with van der Waals surface area (Å²) >= 11 is 0. The Hall–Kier alpha value is -1.94. The van der Waals surface area contributed by atoms with E-state index in [4.69, 9.17) is 0 Å². The molecule has 2 aromatic rings. The third kappa shape index (κ3) is 2.40. The van der Waals surface area contributed by atoms with Crippen molar-refractivity contribution in [3.63, 3.8) is 0 Å². The SMILES string of the molecule is [11CH3]N1CC2CN(c3ccc(-c4ccccc4)nn3)CC2C1.